The van der Waals surface area contributed by atoms with Gasteiger partial charge in [-0.2, -0.15) is 0 Å². The normalized spacial score (nSPS) is 12.1. The molecule has 4 aromatic carbocycles. The summed E-state index contributed by atoms with van der Waals surface area (Å²) in [5.41, 5.74) is 1.59. The number of hydrogen-bond acceptors (Lipinski definition) is 1. The van der Waals surface area contributed by atoms with Crippen molar-refractivity contribution in [3.8, 4) is 0 Å². The average Bonchev–Trinajstić information content (AvgIpc) is 2.89. The van der Waals surface area contributed by atoms with Crippen molar-refractivity contribution in [3.05, 3.63) is 132 Å². The van der Waals surface area contributed by atoms with E-state index in [0.29, 0.717) is 3.58 Å². The fraction of sp³-hybridized carbons (Fsp3) is 0.273. The van der Waals surface area contributed by atoms with E-state index in [0.717, 1.165) is 13.8 Å². The van der Waals surface area contributed by atoms with Crippen LogP contribution in [-0.4, -0.2) is 19.8 Å². The van der Waals surface area contributed by atoms with E-state index in [1.165, 1.54) is 23.3 Å². The van der Waals surface area contributed by atoms with Crippen LogP contribution in [0.5, 0.6) is 0 Å². The first-order valence-electron chi connectivity index (χ1n) is 12.8. The predicted octanol–water partition coefficient (Wildman–Crippen LogP) is 9.34. The molecule has 38 heavy (non-hydrogen) atoms. The molecule has 0 atom stereocenters. The fourth-order valence-electron chi connectivity index (χ4n) is 4.77. The molecule has 0 fully saturated rings. The number of thiol groups is 1. The maximum atomic E-state index is 14.0. The minimum atomic E-state index is -4.32. The maximum Gasteiger partial charge on any atom is 0.00399 e. The zero-order valence-corrected chi connectivity index (χ0v) is 26.2. The second-order valence-corrected chi connectivity index (χ2v) is 18.4. The van der Waals surface area contributed by atoms with Gasteiger partial charge in [0, 0.05) is 4.90 Å². The van der Waals surface area contributed by atoms with E-state index in [-0.39, 0.29) is 10.8 Å². The topological polar surface area (TPSA) is 0 Å². The first-order valence-corrected chi connectivity index (χ1v) is 18.7. The molecule has 5 heteroatoms. The summed E-state index contributed by atoms with van der Waals surface area (Å²) in [6.45, 7) is 8.70. The van der Waals surface area contributed by atoms with Gasteiger partial charge < -0.3 is 0 Å². The van der Waals surface area contributed by atoms with Crippen LogP contribution in [-0.2, 0) is 17.0 Å². The molecule has 0 aliphatic rings. The van der Waals surface area contributed by atoms with Gasteiger partial charge in [0.1, 0.15) is 0 Å². The van der Waals surface area contributed by atoms with E-state index in [9.17, 15) is 13.2 Å². The molecular weight excluding hydrogens is 604 g/mol. The molecule has 4 rings (SSSR count). The van der Waals surface area contributed by atoms with Gasteiger partial charge in [-0.3, -0.25) is 0 Å². The molecule has 0 aliphatic heterocycles. The molecule has 0 spiro atoms. The van der Waals surface area contributed by atoms with Gasteiger partial charge in [0.25, 0.3) is 0 Å². The zero-order chi connectivity index (χ0) is 27.8. The molecule has 0 nitrogen and oxygen atoms in total. The SMILES string of the molecule is CC(C)([CH2][Sn]([CH2]C(C)(C)c1ccccc1)[c]1ccccc1C(F)(F)F)c1ccccc1.Sc1ccccc1. The molecule has 0 aliphatic carbocycles. The van der Waals surface area contributed by atoms with Gasteiger partial charge in [-0.1, -0.05) is 18.2 Å². The number of benzene rings is 4. The maximum absolute atomic E-state index is 14.0. The zero-order valence-electron chi connectivity index (χ0n) is 22.5. The molecule has 0 saturated heterocycles. The summed E-state index contributed by atoms with van der Waals surface area (Å²) in [5, 5.41) is 0. The Hall–Kier alpha value is -2.18. The third-order valence-electron chi connectivity index (χ3n) is 6.79. The van der Waals surface area contributed by atoms with Crippen molar-refractivity contribution in [2.75, 3.05) is 0 Å². The van der Waals surface area contributed by atoms with Gasteiger partial charge >= 0.3 is 192 Å². The van der Waals surface area contributed by atoms with Crippen molar-refractivity contribution in [1.29, 1.82) is 0 Å². The summed E-state index contributed by atoms with van der Waals surface area (Å²) < 4.78 is 44.1. The Labute approximate surface area is 238 Å². The summed E-state index contributed by atoms with van der Waals surface area (Å²) >= 11 is 1.30. The van der Waals surface area contributed by atoms with Crippen LogP contribution in [0, 0.1) is 0 Å². The Kier molecular flexibility index (Phi) is 10.6. The van der Waals surface area contributed by atoms with Crippen LogP contribution in [0.1, 0.15) is 44.4 Å². The van der Waals surface area contributed by atoms with E-state index in [1.54, 1.807) is 12.1 Å². The Morgan fingerprint density at radius 3 is 1.29 bits per heavy atom. The largest absolute Gasteiger partial charge is 0.143 e. The quantitative estimate of drug-likeness (QED) is 0.151. The number of halogens is 3. The molecule has 0 unspecified atom stereocenters. The molecule has 0 amide bonds. The smallest absolute Gasteiger partial charge is 0.00399 e. The van der Waals surface area contributed by atoms with E-state index < -0.39 is 31.5 Å². The van der Waals surface area contributed by atoms with Gasteiger partial charge in [-0.25, -0.2) is 0 Å². The number of alkyl halides is 3. The molecule has 0 aromatic heterocycles. The average molecular weight is 640 g/mol. The van der Waals surface area contributed by atoms with Crippen LogP contribution in [0.2, 0.25) is 8.87 Å². The van der Waals surface area contributed by atoms with Crippen molar-refractivity contribution >= 4 is 36.0 Å². The number of hydrogen-bond donors (Lipinski definition) is 1. The van der Waals surface area contributed by atoms with Crippen LogP contribution in [0.15, 0.2) is 120 Å². The fourth-order valence-corrected chi connectivity index (χ4v) is 16.3. The van der Waals surface area contributed by atoms with Crippen molar-refractivity contribution in [3.63, 3.8) is 0 Å². The standard InChI is InChI=1S/2C10H13.C7H4F3.C6H6S.Sn/c2*1-10(2,3)9-7-5-4-6-8-9;8-7(9,10)6-4-2-1-3-5-6;7-6-4-2-1-3-5-6;/h2*4-8H,1H2,2-3H3;1-4H;1-5,7H;. The van der Waals surface area contributed by atoms with Gasteiger partial charge in [0.2, 0.25) is 0 Å². The van der Waals surface area contributed by atoms with Crippen LogP contribution < -0.4 is 3.58 Å². The van der Waals surface area contributed by atoms with Crippen molar-refractivity contribution in [2.45, 2.75) is 58.5 Å². The molecule has 0 N–H and O–H groups in total. The molecule has 1 radical (unpaired) electrons. The van der Waals surface area contributed by atoms with E-state index in [1.807, 2.05) is 66.7 Å². The van der Waals surface area contributed by atoms with Crippen LogP contribution in [0.4, 0.5) is 13.2 Å². The molecule has 0 bridgehead atoms. The van der Waals surface area contributed by atoms with Crippen LogP contribution in [0.25, 0.3) is 0 Å². The molecule has 0 saturated carbocycles. The Morgan fingerprint density at radius 2 is 0.921 bits per heavy atom. The molecule has 4 aromatic rings. The minimum absolute atomic E-state index is 0.179. The van der Waals surface area contributed by atoms with Gasteiger partial charge in [0.15, 0.2) is 0 Å². The summed E-state index contributed by atoms with van der Waals surface area (Å²) in [6, 6.07) is 36.5. The summed E-state index contributed by atoms with van der Waals surface area (Å²) in [4.78, 5) is 1.02. The third-order valence-corrected chi connectivity index (χ3v) is 18.0. The van der Waals surface area contributed by atoms with Gasteiger partial charge in [-0.15, -0.1) is 12.6 Å². The summed E-state index contributed by atoms with van der Waals surface area (Å²) in [5.74, 6) is 0. The molecule has 0 heterocycles. The number of rotatable bonds is 7. The van der Waals surface area contributed by atoms with Gasteiger partial charge in [0.05, 0.1) is 0 Å². The van der Waals surface area contributed by atoms with E-state index in [2.05, 4.69) is 64.6 Å². The Morgan fingerprint density at radius 1 is 0.553 bits per heavy atom. The Bertz CT molecular complexity index is 1200. The molecule has 199 valence electrons. The molecular formula is C33H36F3SSn. The Balaban J connectivity index is 0.000000494. The van der Waals surface area contributed by atoms with Crippen LogP contribution in [0.3, 0.4) is 0 Å². The van der Waals surface area contributed by atoms with Crippen LogP contribution >= 0.6 is 12.6 Å². The second kappa shape index (κ2) is 13.3. The van der Waals surface area contributed by atoms with E-state index in [4.69, 9.17) is 0 Å². The second-order valence-electron chi connectivity index (χ2n) is 10.8. The van der Waals surface area contributed by atoms with Gasteiger partial charge in [-0.05, 0) is 12.1 Å². The summed E-state index contributed by atoms with van der Waals surface area (Å²) in [6.07, 6.45) is -4.32. The van der Waals surface area contributed by atoms with Crippen molar-refractivity contribution in [1.82, 2.24) is 0 Å². The van der Waals surface area contributed by atoms with Crippen molar-refractivity contribution in [2.24, 2.45) is 0 Å². The predicted molar refractivity (Wildman–Crippen MR) is 159 cm³/mol. The first kappa shape index (κ1) is 30.4. The monoisotopic (exact) mass is 641 g/mol. The van der Waals surface area contributed by atoms with Crippen molar-refractivity contribution < 1.29 is 13.2 Å². The minimum Gasteiger partial charge on any atom is -0.143 e. The summed E-state index contributed by atoms with van der Waals surface area (Å²) in [7, 11) is 0. The third kappa shape index (κ3) is 8.67. The van der Waals surface area contributed by atoms with E-state index >= 15 is 0 Å². The first-order chi connectivity index (χ1) is 17.9.